The van der Waals surface area contributed by atoms with E-state index in [0.717, 1.165) is 0 Å². The molecule has 23 heteroatoms. The molecule has 2 rings (SSSR count). The number of carbonyl (C=O) groups is 9. The maximum absolute atomic E-state index is 13.7. The van der Waals surface area contributed by atoms with Gasteiger partial charge in [-0.05, 0) is 37.4 Å². The molecule has 0 aliphatic heterocycles. The lowest BCUT2D eigenvalue weighted by atomic mass is 10.0. The molecule has 0 bridgehead atoms. The number of nitrogens with one attached hydrogen (secondary N) is 7. The summed E-state index contributed by atoms with van der Waals surface area (Å²) in [6, 6.07) is -2.10. The van der Waals surface area contributed by atoms with Gasteiger partial charge in [0.2, 0.25) is 35.4 Å². The Balaban J connectivity index is 2.32. The highest BCUT2D eigenvalue weighted by atomic mass is 32.1. The molecule has 1 aromatic heterocycles. The molecule has 21 nitrogen and oxygen atoms in total. The van der Waals surface area contributed by atoms with Crippen molar-refractivity contribution >= 4 is 89.5 Å². The van der Waals surface area contributed by atoms with Crippen molar-refractivity contribution in [3.63, 3.8) is 0 Å². The summed E-state index contributed by atoms with van der Waals surface area (Å²) in [7, 11) is 0. The number of unbranched alkanes of at least 4 members (excludes halogenated alkanes) is 1. The molecule has 1 heterocycles. The fourth-order valence-corrected chi connectivity index (χ4v) is 5.57. The van der Waals surface area contributed by atoms with E-state index in [9.17, 15) is 58.5 Å². The lowest BCUT2D eigenvalue weighted by molar-refractivity contribution is -0.143. The summed E-state index contributed by atoms with van der Waals surface area (Å²) in [4.78, 5) is 116. The summed E-state index contributed by atoms with van der Waals surface area (Å²) >= 11 is 7.82. The highest BCUT2D eigenvalue weighted by molar-refractivity contribution is 7.80. The molecule has 0 saturated heterocycles. The molecule has 0 unspecified atom stereocenters. The number of fused-ring (bicyclic) bond motifs is 1. The Hall–Kier alpha value is -5.39. The topological polar surface area (TPSA) is 354 Å². The van der Waals surface area contributed by atoms with E-state index in [1.807, 2.05) is 0 Å². The molecule has 2 aromatic rings. The average molecular weight is 826 g/mol. The Morgan fingerprint density at radius 1 is 0.679 bits per heavy atom. The largest absolute Gasteiger partial charge is 0.481 e. The molecule has 0 radical (unpaired) electrons. The number of benzene rings is 1. The number of thiol groups is 2. The second-order valence-corrected chi connectivity index (χ2v) is 13.2. The van der Waals surface area contributed by atoms with E-state index < -0.39 is 109 Å². The van der Waals surface area contributed by atoms with E-state index in [0.29, 0.717) is 35.9 Å². The van der Waals surface area contributed by atoms with E-state index >= 15 is 0 Å². The van der Waals surface area contributed by atoms with Crippen LogP contribution in [0.4, 0.5) is 0 Å². The molecule has 0 saturated carbocycles. The predicted molar refractivity (Wildman–Crippen MR) is 205 cm³/mol. The molecule has 0 aliphatic carbocycles. The summed E-state index contributed by atoms with van der Waals surface area (Å²) < 4.78 is 0. The molecule has 308 valence electrons. The van der Waals surface area contributed by atoms with Gasteiger partial charge in [0, 0.05) is 35.0 Å². The summed E-state index contributed by atoms with van der Waals surface area (Å²) in [5.74, 6) is -10.9. The van der Waals surface area contributed by atoms with Gasteiger partial charge in [0.05, 0.1) is 25.4 Å². The number of aliphatic carboxylic acids is 3. The van der Waals surface area contributed by atoms with Crippen molar-refractivity contribution in [1.82, 2.24) is 36.9 Å². The van der Waals surface area contributed by atoms with Crippen molar-refractivity contribution < 1.29 is 58.5 Å². The van der Waals surface area contributed by atoms with Gasteiger partial charge in [-0.25, -0.2) is 4.79 Å². The van der Waals surface area contributed by atoms with Crippen LogP contribution in [0.15, 0.2) is 30.5 Å². The zero-order valence-electron chi connectivity index (χ0n) is 30.0. The lowest BCUT2D eigenvalue weighted by Gasteiger charge is -2.25. The lowest BCUT2D eigenvalue weighted by Crippen LogP contribution is -2.59. The first-order valence-electron chi connectivity index (χ1n) is 17.2. The summed E-state index contributed by atoms with van der Waals surface area (Å²) in [6.07, 6.45) is 0.354. The van der Waals surface area contributed by atoms with Crippen LogP contribution in [-0.4, -0.2) is 135 Å². The molecule has 14 N–H and O–H groups in total. The highest BCUT2D eigenvalue weighted by Crippen LogP contribution is 2.19. The summed E-state index contributed by atoms with van der Waals surface area (Å²) in [6.45, 7) is -0.445. The van der Waals surface area contributed by atoms with Crippen molar-refractivity contribution in [2.24, 2.45) is 11.5 Å². The third-order valence-corrected chi connectivity index (χ3v) is 8.87. The molecular formula is C33H47N9O12S2. The second kappa shape index (κ2) is 23.5. The Kier molecular flexibility index (Phi) is 19.6. The molecule has 1 aromatic carbocycles. The van der Waals surface area contributed by atoms with E-state index in [4.69, 9.17) is 11.5 Å². The van der Waals surface area contributed by atoms with Crippen LogP contribution in [0.25, 0.3) is 10.9 Å². The van der Waals surface area contributed by atoms with Crippen LogP contribution < -0.4 is 43.4 Å². The van der Waals surface area contributed by atoms with Gasteiger partial charge in [0.15, 0.2) is 0 Å². The number of carbonyl (C=O) groups excluding carboxylic acids is 6. The zero-order valence-corrected chi connectivity index (χ0v) is 31.8. The second-order valence-electron chi connectivity index (χ2n) is 12.4. The van der Waals surface area contributed by atoms with Crippen LogP contribution in [0.3, 0.4) is 0 Å². The number of aromatic amines is 1. The van der Waals surface area contributed by atoms with Crippen LogP contribution in [0.1, 0.15) is 37.7 Å². The van der Waals surface area contributed by atoms with Crippen molar-refractivity contribution in [3.8, 4) is 0 Å². The summed E-state index contributed by atoms with van der Waals surface area (Å²) in [5, 5.41) is 42.6. The molecule has 0 spiro atoms. The number of rotatable bonds is 25. The Morgan fingerprint density at radius 2 is 1.23 bits per heavy atom. The predicted octanol–water partition coefficient (Wildman–Crippen LogP) is -3.40. The number of aromatic nitrogens is 1. The quantitative estimate of drug-likeness (QED) is 0.0343. The Labute approximate surface area is 331 Å². The third-order valence-electron chi connectivity index (χ3n) is 8.11. The molecule has 56 heavy (non-hydrogen) atoms. The van der Waals surface area contributed by atoms with Crippen LogP contribution in [0, 0.1) is 0 Å². The normalized spacial score (nSPS) is 14.1. The molecule has 6 atom stereocenters. The number of H-pyrrole nitrogens is 1. The number of hydrogen-bond acceptors (Lipinski definition) is 13. The van der Waals surface area contributed by atoms with Gasteiger partial charge in [0.25, 0.3) is 0 Å². The monoisotopic (exact) mass is 825 g/mol. The van der Waals surface area contributed by atoms with Gasteiger partial charge in [-0.2, -0.15) is 25.3 Å². The first-order valence-corrected chi connectivity index (χ1v) is 18.4. The minimum absolute atomic E-state index is 0.00935. The van der Waals surface area contributed by atoms with E-state index in [1.165, 1.54) is 6.20 Å². The fraction of sp³-hybridized carbons (Fsp3) is 0.485. The van der Waals surface area contributed by atoms with Gasteiger partial charge in [-0.3, -0.25) is 38.4 Å². The Bertz CT molecular complexity index is 1740. The van der Waals surface area contributed by atoms with Crippen LogP contribution in [-0.2, 0) is 49.6 Å². The van der Waals surface area contributed by atoms with Crippen molar-refractivity contribution in [3.05, 3.63) is 36.0 Å². The van der Waals surface area contributed by atoms with Gasteiger partial charge in [-0.1, -0.05) is 18.2 Å². The highest BCUT2D eigenvalue weighted by Gasteiger charge is 2.33. The van der Waals surface area contributed by atoms with Crippen molar-refractivity contribution in [1.29, 1.82) is 0 Å². The maximum atomic E-state index is 13.7. The van der Waals surface area contributed by atoms with Crippen molar-refractivity contribution in [2.45, 2.75) is 74.8 Å². The van der Waals surface area contributed by atoms with Crippen LogP contribution in [0.5, 0.6) is 0 Å². The van der Waals surface area contributed by atoms with E-state index in [2.05, 4.69) is 62.1 Å². The SMILES string of the molecule is NCCCC[C@H](NC(=O)[C@@H](N)CS)C(=O)NCC(=O)N[C@@H](CC(=O)O)C(=O)N[C@@H](Cc1c[nH]c2ccccc12)C(=O)N[C@@H](CC(=O)O)C(=O)N[C@@H](CS)C(=O)O. The minimum atomic E-state index is -1.83. The minimum Gasteiger partial charge on any atom is -0.481 e. The Morgan fingerprint density at radius 3 is 1.80 bits per heavy atom. The fourth-order valence-electron chi connectivity index (χ4n) is 5.16. The van der Waals surface area contributed by atoms with Crippen molar-refractivity contribution in [2.75, 3.05) is 24.6 Å². The molecule has 0 fully saturated rings. The van der Waals surface area contributed by atoms with Gasteiger partial charge in [0.1, 0.15) is 30.2 Å². The summed E-state index contributed by atoms with van der Waals surface area (Å²) in [5.41, 5.74) is 12.3. The van der Waals surface area contributed by atoms with Crippen LogP contribution in [0.2, 0.25) is 0 Å². The maximum Gasteiger partial charge on any atom is 0.327 e. The van der Waals surface area contributed by atoms with Crippen LogP contribution >= 0.6 is 25.3 Å². The average Bonchev–Trinajstić information content (AvgIpc) is 3.56. The van der Waals surface area contributed by atoms with E-state index in [1.54, 1.807) is 24.3 Å². The number of carboxylic acids is 3. The zero-order chi connectivity index (χ0) is 41.9. The van der Waals surface area contributed by atoms with Gasteiger partial charge in [-0.15, -0.1) is 0 Å². The van der Waals surface area contributed by atoms with E-state index in [-0.39, 0.29) is 24.3 Å². The smallest absolute Gasteiger partial charge is 0.327 e. The van der Waals surface area contributed by atoms with Gasteiger partial charge >= 0.3 is 17.9 Å². The molecule has 6 amide bonds. The number of carboxylic acid groups (broad SMARTS) is 3. The number of amides is 6. The number of nitrogens with two attached hydrogens (primary N) is 2. The standard InChI is InChI=1S/C33H47N9O12S2/c34-8-4-3-7-20(39-28(48)18(35)14-55)29(49)37-13-25(43)38-22(10-26(44)45)31(51)40-21(9-16-12-36-19-6-2-1-5-17(16)19)30(50)41-23(11-27(46)47)32(52)42-24(15-56)33(53)54/h1-2,5-6,12,18,20-24,36,55-56H,3-4,7-11,13-15,34-35H2,(H,37,49)(H,38,43)(H,39,48)(H,40,51)(H,41,50)(H,42,52)(H,44,45)(H,46,47)(H,53,54)/t18-,20-,21-,22-,23-,24-/m0/s1. The first kappa shape index (κ1) is 46.8. The molecule has 0 aliphatic rings. The van der Waals surface area contributed by atoms with Gasteiger partial charge < -0.3 is 63.7 Å². The number of para-hydroxylation sites is 1. The first-order chi connectivity index (χ1) is 26.5. The molecular weight excluding hydrogens is 779 g/mol. The third kappa shape index (κ3) is 15.4. The number of hydrogen-bond donors (Lipinski definition) is 14.